The molecule has 1 saturated heterocycles. The van der Waals surface area contributed by atoms with Gasteiger partial charge in [0.05, 0.1) is 5.69 Å². The third-order valence-corrected chi connectivity index (χ3v) is 4.96. The highest BCUT2D eigenvalue weighted by molar-refractivity contribution is 7.15. The summed E-state index contributed by atoms with van der Waals surface area (Å²) >= 11 is 1.72. The Morgan fingerprint density at radius 3 is 3.15 bits per heavy atom. The zero-order chi connectivity index (χ0) is 13.9. The maximum absolute atomic E-state index is 4.91. The minimum Gasteiger partial charge on any atom is -0.352 e. The highest BCUT2D eigenvalue weighted by atomic mass is 32.1. The summed E-state index contributed by atoms with van der Waals surface area (Å²) in [6.45, 7) is 4.32. The summed E-state index contributed by atoms with van der Waals surface area (Å²) in [5, 5.41) is 5.41. The second-order valence-corrected chi connectivity index (χ2v) is 6.47. The lowest BCUT2D eigenvalue weighted by Gasteiger charge is -2.36. The van der Waals surface area contributed by atoms with Gasteiger partial charge in [0, 0.05) is 30.7 Å². The molecule has 0 amide bonds. The number of rotatable bonds is 5. The second-order valence-electron chi connectivity index (χ2n) is 5.60. The number of aromatic nitrogens is 2. The Morgan fingerprint density at radius 2 is 2.35 bits per heavy atom. The monoisotopic (exact) mass is 292 g/mol. The van der Waals surface area contributed by atoms with Crippen LogP contribution in [0.15, 0.2) is 11.6 Å². The van der Waals surface area contributed by atoms with E-state index >= 15 is 0 Å². The van der Waals surface area contributed by atoms with E-state index in [0.29, 0.717) is 6.04 Å². The summed E-state index contributed by atoms with van der Waals surface area (Å²) in [5.41, 5.74) is 1.31. The van der Waals surface area contributed by atoms with Crippen molar-refractivity contribution in [3.63, 3.8) is 0 Å². The van der Waals surface area contributed by atoms with Crippen molar-refractivity contribution < 1.29 is 0 Å². The van der Waals surface area contributed by atoms with Gasteiger partial charge in [0.2, 0.25) is 0 Å². The summed E-state index contributed by atoms with van der Waals surface area (Å²) in [7, 11) is 2.01. The summed E-state index contributed by atoms with van der Waals surface area (Å²) in [5.74, 6) is 1.21. The first-order valence-corrected chi connectivity index (χ1v) is 8.58. The van der Waals surface area contributed by atoms with Crippen LogP contribution in [0.5, 0.6) is 0 Å². The molecule has 1 N–H and O–H groups in total. The van der Waals surface area contributed by atoms with Gasteiger partial charge in [-0.25, -0.2) is 4.98 Å². The quantitative estimate of drug-likeness (QED) is 0.918. The number of fused-ring (bicyclic) bond motifs is 1. The first-order valence-electron chi connectivity index (χ1n) is 7.70. The zero-order valence-electron chi connectivity index (χ0n) is 12.4. The molecule has 1 fully saturated rings. The molecule has 3 heterocycles. The third-order valence-electron chi connectivity index (χ3n) is 4.21. The van der Waals surface area contributed by atoms with E-state index < -0.39 is 0 Å². The van der Waals surface area contributed by atoms with Crippen LogP contribution in [0, 0.1) is 0 Å². The van der Waals surface area contributed by atoms with Crippen molar-refractivity contribution in [2.75, 3.05) is 18.5 Å². The molecule has 110 valence electrons. The lowest BCUT2D eigenvalue weighted by Crippen LogP contribution is -2.40. The Morgan fingerprint density at radius 1 is 1.45 bits per heavy atom. The molecule has 4 nitrogen and oxygen atoms in total. The zero-order valence-corrected chi connectivity index (χ0v) is 13.2. The first-order chi connectivity index (χ1) is 9.85. The molecule has 3 rings (SSSR count). The molecule has 1 unspecified atom stereocenters. The second kappa shape index (κ2) is 6.14. The van der Waals surface area contributed by atoms with Gasteiger partial charge in [-0.3, -0.25) is 4.40 Å². The maximum Gasteiger partial charge on any atom is 0.195 e. The molecule has 0 aliphatic carbocycles. The molecule has 0 radical (unpaired) electrons. The highest BCUT2D eigenvalue weighted by Crippen LogP contribution is 2.31. The van der Waals surface area contributed by atoms with Crippen molar-refractivity contribution >= 4 is 22.1 Å². The minimum atomic E-state index is 0.675. The van der Waals surface area contributed by atoms with Gasteiger partial charge in [0.15, 0.2) is 10.8 Å². The Hall–Kier alpha value is -1.07. The van der Waals surface area contributed by atoms with E-state index in [9.17, 15) is 0 Å². The van der Waals surface area contributed by atoms with Gasteiger partial charge in [-0.1, -0.05) is 13.3 Å². The molecule has 0 bridgehead atoms. The van der Waals surface area contributed by atoms with E-state index in [0.717, 1.165) is 18.1 Å². The van der Waals surface area contributed by atoms with Crippen LogP contribution in [0.25, 0.3) is 4.96 Å². The van der Waals surface area contributed by atoms with Gasteiger partial charge in [0.25, 0.3) is 0 Å². The molecular formula is C15H24N4S. The van der Waals surface area contributed by atoms with Crippen LogP contribution < -0.4 is 10.2 Å². The summed E-state index contributed by atoms with van der Waals surface area (Å²) in [4.78, 5) is 8.60. The smallest absolute Gasteiger partial charge is 0.195 e. The van der Waals surface area contributed by atoms with E-state index in [2.05, 4.69) is 33.1 Å². The van der Waals surface area contributed by atoms with Crippen LogP contribution in [0.3, 0.4) is 0 Å². The van der Waals surface area contributed by atoms with E-state index in [-0.39, 0.29) is 0 Å². The Labute approximate surface area is 124 Å². The van der Waals surface area contributed by atoms with E-state index in [1.165, 1.54) is 43.6 Å². The number of nitrogens with one attached hydrogen (secondary N) is 1. The molecule has 1 atom stereocenters. The minimum absolute atomic E-state index is 0.675. The third kappa shape index (κ3) is 2.44. The summed E-state index contributed by atoms with van der Waals surface area (Å²) < 4.78 is 2.24. The van der Waals surface area contributed by atoms with Gasteiger partial charge in [-0.05, 0) is 32.7 Å². The average Bonchev–Trinajstić information content (AvgIpc) is 3.03. The molecule has 0 spiro atoms. The largest absolute Gasteiger partial charge is 0.352 e. The lowest BCUT2D eigenvalue weighted by molar-refractivity contribution is 0.431. The molecule has 2 aromatic rings. The molecule has 0 saturated carbocycles. The molecule has 0 aromatic carbocycles. The first kappa shape index (κ1) is 13.9. The van der Waals surface area contributed by atoms with Crippen LogP contribution in [0.2, 0.25) is 0 Å². The maximum atomic E-state index is 4.91. The van der Waals surface area contributed by atoms with Crippen LogP contribution >= 0.6 is 11.3 Å². The molecule has 1 aliphatic heterocycles. The molecular weight excluding hydrogens is 268 g/mol. The topological polar surface area (TPSA) is 32.6 Å². The number of hydrogen-bond acceptors (Lipinski definition) is 4. The van der Waals surface area contributed by atoms with E-state index in [4.69, 9.17) is 4.98 Å². The average molecular weight is 292 g/mol. The fourth-order valence-electron chi connectivity index (χ4n) is 3.30. The number of anilines is 1. The summed E-state index contributed by atoms with van der Waals surface area (Å²) in [6, 6.07) is 0.675. The van der Waals surface area contributed by atoms with E-state index in [1.807, 2.05) is 7.05 Å². The molecule has 20 heavy (non-hydrogen) atoms. The van der Waals surface area contributed by atoms with Crippen molar-refractivity contribution in [3.05, 3.63) is 17.3 Å². The van der Waals surface area contributed by atoms with Crippen LogP contribution in [0.1, 0.15) is 44.7 Å². The normalized spacial score (nSPS) is 19.9. The Kier molecular flexibility index (Phi) is 4.27. The van der Waals surface area contributed by atoms with Crippen molar-refractivity contribution in [1.29, 1.82) is 0 Å². The number of hydrogen-bond donors (Lipinski definition) is 1. The number of imidazole rings is 1. The van der Waals surface area contributed by atoms with Crippen molar-refractivity contribution in [2.45, 2.75) is 51.6 Å². The van der Waals surface area contributed by atoms with Crippen LogP contribution in [0.4, 0.5) is 5.82 Å². The van der Waals surface area contributed by atoms with Crippen molar-refractivity contribution in [1.82, 2.24) is 14.7 Å². The number of nitrogens with zero attached hydrogens (tertiary/aromatic N) is 3. The van der Waals surface area contributed by atoms with E-state index in [1.54, 1.807) is 11.3 Å². The highest BCUT2D eigenvalue weighted by Gasteiger charge is 2.26. The van der Waals surface area contributed by atoms with Gasteiger partial charge >= 0.3 is 0 Å². The molecule has 5 heteroatoms. The predicted molar refractivity (Wildman–Crippen MR) is 85.7 cm³/mol. The fraction of sp³-hybridized carbons (Fsp3) is 0.667. The Balaban J connectivity index is 1.98. The summed E-state index contributed by atoms with van der Waals surface area (Å²) in [6.07, 6.45) is 8.66. The van der Waals surface area contributed by atoms with Crippen molar-refractivity contribution in [2.24, 2.45) is 0 Å². The van der Waals surface area contributed by atoms with Gasteiger partial charge < -0.3 is 10.2 Å². The van der Waals surface area contributed by atoms with Gasteiger partial charge in [0.1, 0.15) is 0 Å². The molecule has 2 aromatic heterocycles. The standard InChI is InChI=1S/C15H24N4S/c1-3-6-12-7-4-5-8-18(12)14-13(11-16-2)19-9-10-20-15(19)17-14/h9-10,12,16H,3-8,11H2,1-2H3. The predicted octanol–water partition coefficient (Wildman–Crippen LogP) is 3.27. The van der Waals surface area contributed by atoms with Crippen molar-refractivity contribution in [3.8, 4) is 0 Å². The Bertz CT molecular complexity index is 557. The van der Waals surface area contributed by atoms with Gasteiger partial charge in [-0.15, -0.1) is 11.3 Å². The number of piperidine rings is 1. The molecule has 1 aliphatic rings. The fourth-order valence-corrected chi connectivity index (χ4v) is 4.02. The SMILES string of the molecule is CCCC1CCCCN1c1nc2sccn2c1CNC. The van der Waals surface area contributed by atoms with Gasteiger partial charge in [-0.2, -0.15) is 0 Å². The van der Waals surface area contributed by atoms with Crippen LogP contribution in [-0.4, -0.2) is 29.0 Å². The number of thiazole rings is 1. The van der Waals surface area contributed by atoms with Crippen LogP contribution in [-0.2, 0) is 6.54 Å². The lowest BCUT2D eigenvalue weighted by atomic mass is 9.98.